The van der Waals surface area contributed by atoms with E-state index in [2.05, 4.69) is 49.1 Å². The molecule has 20 heavy (non-hydrogen) atoms. The second kappa shape index (κ2) is 7.43. The fourth-order valence-electron chi connectivity index (χ4n) is 2.06. The monoisotopic (exact) mass is 294 g/mol. The smallest absolute Gasteiger partial charge is 0.0678 e. The highest BCUT2D eigenvalue weighted by Crippen LogP contribution is 2.16. The number of para-hydroxylation sites is 1. The molecule has 0 fully saturated rings. The van der Waals surface area contributed by atoms with Crippen LogP contribution in [0.1, 0.15) is 18.2 Å². The third kappa shape index (κ3) is 3.60. The molecular weight excluding hydrogens is 272 g/mol. The SMILES string of the molecule is Cc1ccccc1-n1nccc1CN(C)C(C)CN.Cl. The minimum atomic E-state index is 0. The summed E-state index contributed by atoms with van der Waals surface area (Å²) in [4.78, 5) is 2.24. The van der Waals surface area contributed by atoms with Crippen molar-refractivity contribution in [3.05, 3.63) is 47.8 Å². The van der Waals surface area contributed by atoms with Gasteiger partial charge in [0.05, 0.1) is 11.4 Å². The molecule has 0 aliphatic rings. The van der Waals surface area contributed by atoms with Crippen molar-refractivity contribution in [3.8, 4) is 5.69 Å². The van der Waals surface area contributed by atoms with Crippen LogP contribution in [-0.2, 0) is 6.54 Å². The predicted octanol–water partition coefficient (Wildman–Crippen LogP) is 2.38. The molecule has 0 spiro atoms. The summed E-state index contributed by atoms with van der Waals surface area (Å²) in [6, 6.07) is 10.7. The van der Waals surface area contributed by atoms with E-state index in [0.29, 0.717) is 12.6 Å². The molecule has 0 aliphatic carbocycles. The summed E-state index contributed by atoms with van der Waals surface area (Å²) in [6.07, 6.45) is 1.85. The van der Waals surface area contributed by atoms with Crippen molar-refractivity contribution in [2.24, 2.45) is 5.73 Å². The summed E-state index contributed by atoms with van der Waals surface area (Å²) >= 11 is 0. The maximum absolute atomic E-state index is 5.71. The second-order valence-electron chi connectivity index (χ2n) is 5.02. The van der Waals surface area contributed by atoms with Crippen molar-refractivity contribution in [1.82, 2.24) is 14.7 Å². The Labute approximate surface area is 127 Å². The number of aryl methyl sites for hydroxylation is 1. The van der Waals surface area contributed by atoms with Gasteiger partial charge >= 0.3 is 0 Å². The highest BCUT2D eigenvalue weighted by atomic mass is 35.5. The van der Waals surface area contributed by atoms with Gasteiger partial charge in [-0.2, -0.15) is 5.10 Å². The molecule has 1 heterocycles. The topological polar surface area (TPSA) is 47.1 Å². The van der Waals surface area contributed by atoms with Crippen LogP contribution < -0.4 is 5.73 Å². The average Bonchev–Trinajstić information content (AvgIpc) is 2.86. The zero-order valence-electron chi connectivity index (χ0n) is 12.3. The average molecular weight is 295 g/mol. The van der Waals surface area contributed by atoms with E-state index in [-0.39, 0.29) is 12.4 Å². The van der Waals surface area contributed by atoms with Crippen LogP contribution in [0.15, 0.2) is 36.5 Å². The first kappa shape index (κ1) is 16.7. The number of nitrogens with two attached hydrogens (primary N) is 1. The molecule has 1 aromatic carbocycles. The normalized spacial score (nSPS) is 12.2. The zero-order chi connectivity index (χ0) is 13.8. The van der Waals surface area contributed by atoms with Crippen LogP contribution in [0.5, 0.6) is 0 Å². The molecule has 0 amide bonds. The lowest BCUT2D eigenvalue weighted by Gasteiger charge is -2.23. The molecule has 2 rings (SSSR count). The molecular formula is C15H23ClN4. The first-order valence-electron chi connectivity index (χ1n) is 6.62. The number of halogens is 1. The lowest BCUT2D eigenvalue weighted by molar-refractivity contribution is 0.250. The summed E-state index contributed by atoms with van der Waals surface area (Å²) in [5.74, 6) is 0. The van der Waals surface area contributed by atoms with Crippen LogP contribution in [0.2, 0.25) is 0 Å². The largest absolute Gasteiger partial charge is 0.329 e. The van der Waals surface area contributed by atoms with Crippen LogP contribution in [0.25, 0.3) is 5.69 Å². The molecule has 2 aromatic rings. The van der Waals surface area contributed by atoms with E-state index in [1.54, 1.807) is 0 Å². The Kier molecular flexibility index (Phi) is 6.20. The molecule has 1 atom stereocenters. The van der Waals surface area contributed by atoms with Crippen LogP contribution in [0.4, 0.5) is 0 Å². The Bertz CT molecular complexity index is 538. The summed E-state index contributed by atoms with van der Waals surface area (Å²) in [6.45, 7) is 5.74. The Balaban J connectivity index is 0.00000200. The Morgan fingerprint density at radius 2 is 2.00 bits per heavy atom. The van der Waals surface area contributed by atoms with E-state index >= 15 is 0 Å². The Hall–Kier alpha value is -1.36. The van der Waals surface area contributed by atoms with Crippen molar-refractivity contribution >= 4 is 12.4 Å². The fraction of sp³-hybridized carbons (Fsp3) is 0.400. The molecule has 0 saturated carbocycles. The van der Waals surface area contributed by atoms with E-state index in [1.165, 1.54) is 11.3 Å². The number of nitrogens with zero attached hydrogens (tertiary/aromatic N) is 3. The van der Waals surface area contributed by atoms with Crippen molar-refractivity contribution < 1.29 is 0 Å². The van der Waals surface area contributed by atoms with Gasteiger partial charge in [-0.05, 0) is 38.6 Å². The highest BCUT2D eigenvalue weighted by Gasteiger charge is 2.12. The van der Waals surface area contributed by atoms with Crippen LogP contribution in [-0.4, -0.2) is 34.3 Å². The van der Waals surface area contributed by atoms with Crippen molar-refractivity contribution in [2.75, 3.05) is 13.6 Å². The zero-order valence-corrected chi connectivity index (χ0v) is 13.1. The molecule has 1 aromatic heterocycles. The van der Waals surface area contributed by atoms with Gasteiger partial charge in [-0.25, -0.2) is 4.68 Å². The molecule has 0 aliphatic heterocycles. The minimum absolute atomic E-state index is 0. The first-order chi connectivity index (χ1) is 9.13. The van der Waals surface area contributed by atoms with E-state index in [9.17, 15) is 0 Å². The highest BCUT2D eigenvalue weighted by molar-refractivity contribution is 5.85. The number of benzene rings is 1. The number of aromatic nitrogens is 2. The summed E-state index contributed by atoms with van der Waals surface area (Å²) in [7, 11) is 2.09. The van der Waals surface area contributed by atoms with Crippen LogP contribution in [0, 0.1) is 6.92 Å². The van der Waals surface area contributed by atoms with Crippen molar-refractivity contribution in [2.45, 2.75) is 26.4 Å². The number of rotatable bonds is 5. The Morgan fingerprint density at radius 1 is 1.30 bits per heavy atom. The van der Waals surface area contributed by atoms with Gasteiger partial charge < -0.3 is 5.73 Å². The van der Waals surface area contributed by atoms with E-state index in [4.69, 9.17) is 5.73 Å². The second-order valence-corrected chi connectivity index (χ2v) is 5.02. The quantitative estimate of drug-likeness (QED) is 0.921. The van der Waals surface area contributed by atoms with Crippen LogP contribution in [0.3, 0.4) is 0 Å². The van der Waals surface area contributed by atoms with Gasteiger partial charge in [0.2, 0.25) is 0 Å². The summed E-state index contributed by atoms with van der Waals surface area (Å²) in [5.41, 5.74) is 9.25. The number of hydrogen-bond donors (Lipinski definition) is 1. The lowest BCUT2D eigenvalue weighted by Crippen LogP contribution is -2.35. The molecule has 110 valence electrons. The van der Waals surface area contributed by atoms with Gasteiger partial charge in [0, 0.05) is 25.3 Å². The van der Waals surface area contributed by atoms with Gasteiger partial charge in [0.15, 0.2) is 0 Å². The fourth-order valence-corrected chi connectivity index (χ4v) is 2.06. The molecule has 5 heteroatoms. The molecule has 4 nitrogen and oxygen atoms in total. The van der Waals surface area contributed by atoms with Gasteiger partial charge in [-0.1, -0.05) is 18.2 Å². The number of likely N-dealkylation sites (N-methyl/N-ethyl adjacent to an activating group) is 1. The van der Waals surface area contributed by atoms with Gasteiger partial charge in [-0.15, -0.1) is 12.4 Å². The third-order valence-electron chi connectivity index (χ3n) is 3.57. The van der Waals surface area contributed by atoms with Crippen molar-refractivity contribution in [3.63, 3.8) is 0 Å². The molecule has 0 bridgehead atoms. The first-order valence-corrected chi connectivity index (χ1v) is 6.62. The number of hydrogen-bond acceptors (Lipinski definition) is 3. The molecule has 1 unspecified atom stereocenters. The Morgan fingerprint density at radius 3 is 2.65 bits per heavy atom. The van der Waals surface area contributed by atoms with E-state index < -0.39 is 0 Å². The standard InChI is InChI=1S/C15H22N4.ClH/c1-12-6-4-5-7-15(12)19-14(8-9-17-19)11-18(3)13(2)10-16;/h4-9,13H,10-11,16H2,1-3H3;1H. The summed E-state index contributed by atoms with van der Waals surface area (Å²) in [5, 5.41) is 4.44. The van der Waals surface area contributed by atoms with Gasteiger partial charge in [-0.3, -0.25) is 4.90 Å². The molecule has 2 N–H and O–H groups in total. The maximum atomic E-state index is 5.71. The van der Waals surface area contributed by atoms with Gasteiger partial charge in [0.25, 0.3) is 0 Å². The van der Waals surface area contributed by atoms with Crippen molar-refractivity contribution in [1.29, 1.82) is 0 Å². The third-order valence-corrected chi connectivity index (χ3v) is 3.57. The van der Waals surface area contributed by atoms with E-state index in [1.807, 2.05) is 23.0 Å². The minimum Gasteiger partial charge on any atom is -0.329 e. The maximum Gasteiger partial charge on any atom is 0.0678 e. The molecule has 0 saturated heterocycles. The summed E-state index contributed by atoms with van der Waals surface area (Å²) < 4.78 is 2.01. The molecule has 0 radical (unpaired) electrons. The van der Waals surface area contributed by atoms with Crippen LogP contribution >= 0.6 is 12.4 Å². The predicted molar refractivity (Wildman–Crippen MR) is 85.5 cm³/mol. The lowest BCUT2D eigenvalue weighted by atomic mass is 10.2. The van der Waals surface area contributed by atoms with Gasteiger partial charge in [0.1, 0.15) is 0 Å². The van der Waals surface area contributed by atoms with E-state index in [0.717, 1.165) is 12.2 Å².